The third-order valence-electron chi connectivity index (χ3n) is 1.85. The lowest BCUT2D eigenvalue weighted by molar-refractivity contribution is 1.04. The Hall–Kier alpha value is -1.70. The van der Waals surface area contributed by atoms with Crippen molar-refractivity contribution in [2.45, 2.75) is 13.8 Å². The van der Waals surface area contributed by atoms with Crippen LogP contribution in [0.15, 0.2) is 31.1 Å². The summed E-state index contributed by atoms with van der Waals surface area (Å²) in [5.74, 6) is 0. The van der Waals surface area contributed by atoms with Crippen molar-refractivity contribution in [2.75, 3.05) is 0 Å². The van der Waals surface area contributed by atoms with E-state index in [2.05, 4.69) is 16.5 Å². The lowest BCUT2D eigenvalue weighted by Crippen LogP contribution is -2.31. The maximum absolute atomic E-state index is 4.20. The summed E-state index contributed by atoms with van der Waals surface area (Å²) in [5, 5.41) is 1.95. The molecule has 1 heterocycles. The molecule has 14 heavy (non-hydrogen) atoms. The quantitative estimate of drug-likeness (QED) is 0.691. The number of allylic oxidation sites excluding steroid dienone is 3. The molecule has 0 bridgehead atoms. The number of nitrogens with zero attached hydrogens (tertiary/aromatic N) is 2. The zero-order chi connectivity index (χ0) is 10.4. The normalized spacial score (nSPS) is 13.9. The summed E-state index contributed by atoms with van der Waals surface area (Å²) < 4.78 is 0. The Morgan fingerprint density at radius 2 is 2.07 bits per heavy atom. The van der Waals surface area contributed by atoms with Crippen molar-refractivity contribution in [3.8, 4) is 0 Å². The van der Waals surface area contributed by atoms with E-state index in [1.165, 1.54) is 0 Å². The van der Waals surface area contributed by atoms with Crippen LogP contribution in [-0.4, -0.2) is 9.97 Å². The second-order valence-corrected chi connectivity index (χ2v) is 2.85. The molecule has 0 aliphatic rings. The van der Waals surface area contributed by atoms with Crippen molar-refractivity contribution >= 4 is 12.2 Å². The first-order valence-electron chi connectivity index (χ1n) is 4.53. The molecule has 0 unspecified atom stereocenters. The monoisotopic (exact) mass is 186 g/mol. The zero-order valence-electron chi connectivity index (χ0n) is 8.57. The Morgan fingerprint density at radius 1 is 1.29 bits per heavy atom. The smallest absolute Gasteiger partial charge is 0.116 e. The van der Waals surface area contributed by atoms with E-state index < -0.39 is 0 Å². The van der Waals surface area contributed by atoms with Gasteiger partial charge in [0.25, 0.3) is 0 Å². The van der Waals surface area contributed by atoms with E-state index in [-0.39, 0.29) is 0 Å². The van der Waals surface area contributed by atoms with E-state index >= 15 is 0 Å². The van der Waals surface area contributed by atoms with Gasteiger partial charge in [-0.25, -0.2) is 9.97 Å². The van der Waals surface area contributed by atoms with Crippen LogP contribution in [0.3, 0.4) is 0 Å². The Kier molecular flexibility index (Phi) is 3.80. The molecular weight excluding hydrogens is 172 g/mol. The maximum atomic E-state index is 4.20. The minimum Gasteiger partial charge on any atom is -0.241 e. The summed E-state index contributed by atoms with van der Waals surface area (Å²) in [6.45, 7) is 7.61. The first-order valence-corrected chi connectivity index (χ1v) is 4.53. The van der Waals surface area contributed by atoms with Crippen LogP contribution >= 0.6 is 0 Å². The highest BCUT2D eigenvalue weighted by Crippen LogP contribution is 1.76. The van der Waals surface area contributed by atoms with Gasteiger partial charge in [0.15, 0.2) is 0 Å². The second-order valence-electron chi connectivity index (χ2n) is 2.85. The highest BCUT2D eigenvalue weighted by Gasteiger charge is 1.90. The van der Waals surface area contributed by atoms with Crippen LogP contribution in [0.2, 0.25) is 0 Å². The average Bonchev–Trinajstić information content (AvgIpc) is 2.19. The molecule has 0 N–H and O–H groups in total. The van der Waals surface area contributed by atoms with Gasteiger partial charge in [-0.05, 0) is 19.9 Å². The Balaban J connectivity index is 3.51. The lowest BCUT2D eigenvalue weighted by Gasteiger charge is -1.92. The van der Waals surface area contributed by atoms with Crippen LogP contribution in [0, 0.1) is 6.92 Å². The van der Waals surface area contributed by atoms with Crippen molar-refractivity contribution in [1.82, 2.24) is 9.97 Å². The van der Waals surface area contributed by atoms with Crippen molar-refractivity contribution in [3.63, 3.8) is 0 Å². The minimum absolute atomic E-state index is 0.926. The molecular formula is C12H14N2. The van der Waals surface area contributed by atoms with Gasteiger partial charge in [-0.2, -0.15) is 0 Å². The molecule has 72 valence electrons. The zero-order valence-corrected chi connectivity index (χ0v) is 8.57. The van der Waals surface area contributed by atoms with Crippen molar-refractivity contribution in [2.24, 2.45) is 0 Å². The van der Waals surface area contributed by atoms with Gasteiger partial charge in [0, 0.05) is 10.9 Å². The molecule has 0 aliphatic heterocycles. The predicted octanol–water partition coefficient (Wildman–Crippen LogP) is 1.11. The molecule has 1 aromatic rings. The number of rotatable bonds is 2. The lowest BCUT2D eigenvalue weighted by atomic mass is 10.2. The predicted molar refractivity (Wildman–Crippen MR) is 60.0 cm³/mol. The number of aryl methyl sites for hydroxylation is 1. The molecule has 0 saturated heterocycles. The highest BCUT2D eigenvalue weighted by molar-refractivity contribution is 5.41. The number of hydrogen-bond donors (Lipinski definition) is 0. The van der Waals surface area contributed by atoms with Crippen LogP contribution in [0.25, 0.3) is 12.2 Å². The first-order chi connectivity index (χ1) is 6.79. The summed E-state index contributed by atoms with van der Waals surface area (Å²) in [5.41, 5.74) is 0.968. The third kappa shape index (κ3) is 2.39. The number of aromatic nitrogens is 2. The molecule has 1 rings (SSSR count). The molecule has 0 radical (unpaired) electrons. The van der Waals surface area contributed by atoms with Gasteiger partial charge in [0.2, 0.25) is 0 Å². The third-order valence-corrected chi connectivity index (χ3v) is 1.85. The van der Waals surface area contributed by atoms with E-state index in [1.54, 1.807) is 12.4 Å². The van der Waals surface area contributed by atoms with Crippen molar-refractivity contribution in [1.29, 1.82) is 0 Å². The molecule has 1 aromatic heterocycles. The molecule has 0 atom stereocenters. The van der Waals surface area contributed by atoms with E-state index in [4.69, 9.17) is 0 Å². The fourth-order valence-corrected chi connectivity index (χ4v) is 1.15. The molecule has 2 heteroatoms. The van der Waals surface area contributed by atoms with Crippen molar-refractivity contribution in [3.05, 3.63) is 47.4 Å². The van der Waals surface area contributed by atoms with Crippen LogP contribution in [0.5, 0.6) is 0 Å². The van der Waals surface area contributed by atoms with Gasteiger partial charge in [0.1, 0.15) is 6.33 Å². The van der Waals surface area contributed by atoms with Crippen molar-refractivity contribution < 1.29 is 0 Å². The summed E-state index contributed by atoms with van der Waals surface area (Å²) >= 11 is 0. The molecule has 0 aromatic carbocycles. The topological polar surface area (TPSA) is 25.8 Å². The van der Waals surface area contributed by atoms with E-state index in [9.17, 15) is 0 Å². The summed E-state index contributed by atoms with van der Waals surface area (Å²) in [4.78, 5) is 8.33. The standard InChI is InChI=1S/C12H14N2/c1-4-6-8-12-11(7-5-2)10(3)13-9-14-12/h4-9H,2H2,1,3H3/b6-4-,11-7-,12-8+. The fraction of sp³-hybridized carbons (Fsp3) is 0.167. The van der Waals surface area contributed by atoms with Gasteiger partial charge < -0.3 is 0 Å². The average molecular weight is 186 g/mol. The van der Waals surface area contributed by atoms with Crippen LogP contribution in [0.1, 0.15) is 12.6 Å². The second kappa shape index (κ2) is 5.12. The van der Waals surface area contributed by atoms with Gasteiger partial charge in [-0.3, -0.25) is 0 Å². The number of hydrogen-bond acceptors (Lipinski definition) is 2. The van der Waals surface area contributed by atoms with Gasteiger partial charge in [-0.15, -0.1) is 0 Å². The summed E-state index contributed by atoms with van der Waals surface area (Å²) in [6.07, 6.45) is 11.1. The SMILES string of the molecule is C=C/C=c1/c(C)ncn/c1=C/C=C\C. The highest BCUT2D eigenvalue weighted by atomic mass is 14.8. The van der Waals surface area contributed by atoms with Gasteiger partial charge >= 0.3 is 0 Å². The van der Waals surface area contributed by atoms with E-state index in [1.807, 2.05) is 38.2 Å². The van der Waals surface area contributed by atoms with Gasteiger partial charge in [-0.1, -0.05) is 30.9 Å². The largest absolute Gasteiger partial charge is 0.241 e. The summed E-state index contributed by atoms with van der Waals surface area (Å²) in [6, 6.07) is 0. The fourth-order valence-electron chi connectivity index (χ4n) is 1.15. The van der Waals surface area contributed by atoms with Crippen LogP contribution in [-0.2, 0) is 0 Å². The molecule has 0 fully saturated rings. The van der Waals surface area contributed by atoms with E-state index in [0.29, 0.717) is 0 Å². The first kappa shape index (κ1) is 10.4. The Labute approximate surface area is 84.0 Å². The molecule has 0 amide bonds. The van der Waals surface area contributed by atoms with Gasteiger partial charge in [0.05, 0.1) is 5.35 Å². The molecule has 2 nitrogen and oxygen atoms in total. The molecule has 0 aliphatic carbocycles. The van der Waals surface area contributed by atoms with Crippen LogP contribution < -0.4 is 10.6 Å². The molecule has 0 saturated carbocycles. The van der Waals surface area contributed by atoms with Crippen LogP contribution in [0.4, 0.5) is 0 Å². The maximum Gasteiger partial charge on any atom is 0.116 e. The van der Waals surface area contributed by atoms with E-state index in [0.717, 1.165) is 16.3 Å². The minimum atomic E-state index is 0.926. The Bertz CT molecular complexity index is 456. The summed E-state index contributed by atoms with van der Waals surface area (Å²) in [7, 11) is 0. The molecule has 0 spiro atoms. The Morgan fingerprint density at radius 3 is 2.71 bits per heavy atom.